The second kappa shape index (κ2) is 13.5. The van der Waals surface area contributed by atoms with Crippen molar-refractivity contribution < 1.29 is 28.6 Å². The van der Waals surface area contributed by atoms with Gasteiger partial charge >= 0.3 is 5.97 Å². The van der Waals surface area contributed by atoms with E-state index in [0.717, 1.165) is 30.1 Å². The molecule has 0 unspecified atom stereocenters. The van der Waals surface area contributed by atoms with Gasteiger partial charge < -0.3 is 24.0 Å². The Balaban J connectivity index is 0.000000850. The number of rotatable bonds is 7. The summed E-state index contributed by atoms with van der Waals surface area (Å²) in [6.45, 7) is 5.01. The highest BCUT2D eigenvalue weighted by Gasteiger charge is 2.24. The molecule has 1 amide bonds. The molecule has 11 heteroatoms. The van der Waals surface area contributed by atoms with Crippen molar-refractivity contribution in [1.82, 2.24) is 19.4 Å². The minimum absolute atomic E-state index is 0.0202. The first kappa shape index (κ1) is 29.7. The molecule has 0 aliphatic carbocycles. The highest BCUT2D eigenvalue weighted by Crippen LogP contribution is 2.21. The fraction of sp³-hybridized carbons (Fsp3) is 0.312. The molecule has 43 heavy (non-hydrogen) atoms. The van der Waals surface area contributed by atoms with Crippen molar-refractivity contribution in [3.8, 4) is 11.8 Å². The summed E-state index contributed by atoms with van der Waals surface area (Å²) in [7, 11) is 1.88. The van der Waals surface area contributed by atoms with Gasteiger partial charge in [-0.05, 0) is 55.0 Å². The molecule has 0 spiro atoms. The van der Waals surface area contributed by atoms with Crippen LogP contribution in [0.25, 0.3) is 11.0 Å². The van der Waals surface area contributed by atoms with E-state index in [2.05, 4.69) is 9.88 Å². The second-order valence-electron chi connectivity index (χ2n) is 10.4. The van der Waals surface area contributed by atoms with Gasteiger partial charge in [0, 0.05) is 57.6 Å². The lowest BCUT2D eigenvalue weighted by Crippen LogP contribution is -2.48. The molecule has 0 radical (unpaired) electrons. The molecule has 3 heterocycles. The van der Waals surface area contributed by atoms with E-state index in [4.69, 9.17) is 14.7 Å². The van der Waals surface area contributed by atoms with Crippen LogP contribution in [0.2, 0.25) is 0 Å². The number of amides is 1. The van der Waals surface area contributed by atoms with E-state index in [0.29, 0.717) is 49.6 Å². The Labute approximate surface area is 248 Å². The van der Waals surface area contributed by atoms with Crippen LogP contribution in [0.5, 0.6) is 5.75 Å². The molecule has 4 aromatic rings. The number of benzene rings is 3. The minimum atomic E-state index is -0.974. The van der Waals surface area contributed by atoms with E-state index in [9.17, 15) is 19.1 Å². The zero-order valence-electron chi connectivity index (χ0n) is 23.8. The van der Waals surface area contributed by atoms with Gasteiger partial charge in [-0.2, -0.15) is 5.26 Å². The SMILES string of the molecule is C1COC1.Cn1c(CN2CCN(C(=O)c3cccc(OCc4ccc(C#N)cc4F)c3)CC2)nc2ccc(C(=O)O)cc21. The maximum absolute atomic E-state index is 14.2. The quantitative estimate of drug-likeness (QED) is 0.342. The van der Waals surface area contributed by atoms with Crippen LogP contribution in [0.4, 0.5) is 4.39 Å². The van der Waals surface area contributed by atoms with Gasteiger partial charge in [0.2, 0.25) is 0 Å². The van der Waals surface area contributed by atoms with Crippen molar-refractivity contribution in [3.05, 3.63) is 94.6 Å². The number of halogens is 1. The number of fused-ring (bicyclic) bond motifs is 1. The number of piperazine rings is 1. The third kappa shape index (κ3) is 7.17. The van der Waals surface area contributed by atoms with Crippen molar-refractivity contribution in [2.24, 2.45) is 7.05 Å². The summed E-state index contributed by atoms with van der Waals surface area (Å²) in [5.74, 6) is -0.304. The molecule has 0 atom stereocenters. The standard InChI is InChI=1S/C29H26FN5O4.C3H6O/c1-33-26-15-21(29(37)38)7-8-25(26)32-27(33)17-34-9-11-35(12-10-34)28(36)20-3-2-4-23(14-20)39-18-22-6-5-19(16-31)13-24(22)30;1-2-4-3-1/h2-8,13-15H,9-12,17-18H2,1H3,(H,37,38);1-3H2. The lowest BCUT2D eigenvalue weighted by molar-refractivity contribution is 0.0367. The number of nitriles is 1. The first-order valence-corrected chi connectivity index (χ1v) is 14.0. The number of aromatic carboxylic acids is 1. The molecular weight excluding hydrogens is 553 g/mol. The van der Waals surface area contributed by atoms with Crippen LogP contribution in [0.3, 0.4) is 0 Å². The Morgan fingerprint density at radius 2 is 1.79 bits per heavy atom. The third-order valence-corrected chi connectivity index (χ3v) is 7.48. The number of carbonyl (C=O) groups is 2. The van der Waals surface area contributed by atoms with Gasteiger partial charge in [0.15, 0.2) is 0 Å². The minimum Gasteiger partial charge on any atom is -0.489 e. The van der Waals surface area contributed by atoms with Gasteiger partial charge in [-0.3, -0.25) is 9.69 Å². The number of carbonyl (C=O) groups excluding carboxylic acids is 1. The number of hydrogen-bond donors (Lipinski definition) is 1. The molecule has 6 rings (SSSR count). The van der Waals surface area contributed by atoms with E-state index in [1.54, 1.807) is 47.4 Å². The van der Waals surface area contributed by atoms with E-state index >= 15 is 0 Å². The van der Waals surface area contributed by atoms with Crippen LogP contribution in [0, 0.1) is 17.1 Å². The monoisotopic (exact) mass is 585 g/mol. The summed E-state index contributed by atoms with van der Waals surface area (Å²) in [5, 5.41) is 18.2. The average molecular weight is 586 g/mol. The van der Waals surface area contributed by atoms with Crippen LogP contribution < -0.4 is 4.74 Å². The lowest BCUT2D eigenvalue weighted by Gasteiger charge is -2.34. The van der Waals surface area contributed by atoms with Gasteiger partial charge in [0.05, 0.1) is 34.8 Å². The van der Waals surface area contributed by atoms with Crippen LogP contribution in [0.15, 0.2) is 60.7 Å². The molecule has 0 bridgehead atoms. The Morgan fingerprint density at radius 3 is 2.44 bits per heavy atom. The summed E-state index contributed by atoms with van der Waals surface area (Å²) >= 11 is 0. The van der Waals surface area contributed by atoms with E-state index < -0.39 is 11.8 Å². The van der Waals surface area contributed by atoms with Gasteiger partial charge in [-0.25, -0.2) is 14.2 Å². The number of carboxylic acid groups (broad SMARTS) is 1. The zero-order chi connectivity index (χ0) is 30.3. The molecule has 3 aromatic carbocycles. The number of ether oxygens (including phenoxy) is 2. The van der Waals surface area contributed by atoms with Gasteiger partial charge in [0.1, 0.15) is 24.0 Å². The summed E-state index contributed by atoms with van der Waals surface area (Å²) < 4.78 is 26.5. The van der Waals surface area contributed by atoms with Gasteiger partial charge in [0.25, 0.3) is 5.91 Å². The van der Waals surface area contributed by atoms with Crippen LogP contribution in [-0.4, -0.2) is 75.7 Å². The lowest BCUT2D eigenvalue weighted by atomic mass is 10.1. The Morgan fingerprint density at radius 1 is 1.05 bits per heavy atom. The Bertz CT molecular complexity index is 1660. The molecule has 1 N–H and O–H groups in total. The first-order valence-electron chi connectivity index (χ1n) is 14.0. The number of imidazole rings is 1. The topological polar surface area (TPSA) is 121 Å². The van der Waals surface area contributed by atoms with Crippen molar-refractivity contribution >= 4 is 22.9 Å². The van der Waals surface area contributed by atoms with E-state index in [1.165, 1.54) is 24.6 Å². The molecular formula is C32H32FN5O5. The molecule has 2 saturated heterocycles. The molecule has 1 aromatic heterocycles. The summed E-state index contributed by atoms with van der Waals surface area (Å²) in [6.07, 6.45) is 1.28. The number of carboxylic acids is 1. The van der Waals surface area contributed by atoms with E-state index in [1.807, 2.05) is 17.7 Å². The average Bonchev–Trinajstić information content (AvgIpc) is 3.29. The van der Waals surface area contributed by atoms with Gasteiger partial charge in [-0.1, -0.05) is 12.1 Å². The zero-order valence-corrected chi connectivity index (χ0v) is 23.8. The predicted octanol–water partition coefficient (Wildman–Crippen LogP) is 4.23. The van der Waals surface area contributed by atoms with Crippen molar-refractivity contribution in [2.75, 3.05) is 39.4 Å². The maximum Gasteiger partial charge on any atom is 0.335 e. The van der Waals surface area contributed by atoms with Gasteiger partial charge in [-0.15, -0.1) is 0 Å². The maximum atomic E-state index is 14.2. The normalized spacial score (nSPS) is 14.8. The highest BCUT2D eigenvalue weighted by atomic mass is 19.1. The second-order valence-corrected chi connectivity index (χ2v) is 10.4. The largest absolute Gasteiger partial charge is 0.489 e. The fourth-order valence-corrected chi connectivity index (χ4v) is 4.76. The van der Waals surface area contributed by atoms with E-state index in [-0.39, 0.29) is 23.6 Å². The summed E-state index contributed by atoms with van der Waals surface area (Å²) in [6, 6.07) is 17.9. The van der Waals surface area contributed by atoms with Crippen LogP contribution in [-0.2, 0) is 24.9 Å². The Hall–Kier alpha value is -4.79. The number of hydrogen-bond acceptors (Lipinski definition) is 7. The van der Waals surface area contributed by atoms with Crippen molar-refractivity contribution in [3.63, 3.8) is 0 Å². The summed E-state index contributed by atoms with van der Waals surface area (Å²) in [5.41, 5.74) is 2.79. The molecule has 2 fully saturated rings. The van der Waals surface area contributed by atoms with Crippen LogP contribution in [0.1, 0.15) is 44.1 Å². The number of aryl methyl sites for hydroxylation is 1. The predicted molar refractivity (Wildman–Crippen MR) is 156 cm³/mol. The Kier molecular flexibility index (Phi) is 9.29. The van der Waals surface area contributed by atoms with Crippen LogP contribution >= 0.6 is 0 Å². The number of aromatic nitrogens is 2. The van der Waals surface area contributed by atoms with Crippen molar-refractivity contribution in [1.29, 1.82) is 5.26 Å². The molecule has 2 aliphatic heterocycles. The third-order valence-electron chi connectivity index (χ3n) is 7.48. The van der Waals surface area contributed by atoms with Crippen molar-refractivity contribution in [2.45, 2.75) is 19.6 Å². The molecule has 222 valence electrons. The molecule has 10 nitrogen and oxygen atoms in total. The molecule has 0 saturated carbocycles. The fourth-order valence-electron chi connectivity index (χ4n) is 4.76. The number of nitrogens with zero attached hydrogens (tertiary/aromatic N) is 5. The highest BCUT2D eigenvalue weighted by molar-refractivity contribution is 5.94. The smallest absolute Gasteiger partial charge is 0.335 e. The first-order chi connectivity index (χ1) is 20.8. The molecule has 2 aliphatic rings. The summed E-state index contributed by atoms with van der Waals surface area (Å²) in [4.78, 5) is 33.2.